The third kappa shape index (κ3) is 6.14. The van der Waals surface area contributed by atoms with E-state index in [0.29, 0.717) is 47.1 Å². The number of nitrogens with zero attached hydrogens (tertiary/aromatic N) is 4. The zero-order chi connectivity index (χ0) is 25.5. The van der Waals surface area contributed by atoms with E-state index >= 15 is 0 Å². The number of aromatic nitrogens is 1. The lowest BCUT2D eigenvalue weighted by Crippen LogP contribution is -2.35. The summed E-state index contributed by atoms with van der Waals surface area (Å²) in [5, 5.41) is 18.5. The smallest absolute Gasteiger partial charge is 0.303 e. The van der Waals surface area contributed by atoms with Crippen molar-refractivity contribution in [3.05, 3.63) is 31.9 Å². The standard InChI is InChI=1S/C25H32N4O4S2/c1-3-28-22(27-12-8-4-5-9-13-27)18(17(2)19(16-26)23(28)32)15-20-24(33)29(25(34)35-20)14-10-6-7-11-21(30)31/h15H,3-14H2,1-2H3,(H,30,31). The first-order chi connectivity index (χ1) is 16.8. The van der Waals surface area contributed by atoms with Gasteiger partial charge in [0, 0.05) is 38.2 Å². The van der Waals surface area contributed by atoms with Gasteiger partial charge in [-0.2, -0.15) is 5.26 Å². The van der Waals surface area contributed by atoms with E-state index in [1.54, 1.807) is 22.5 Å². The van der Waals surface area contributed by atoms with E-state index in [2.05, 4.69) is 11.0 Å². The minimum absolute atomic E-state index is 0.102. The Labute approximate surface area is 215 Å². The van der Waals surface area contributed by atoms with Gasteiger partial charge in [0.15, 0.2) is 0 Å². The number of carbonyl (C=O) groups is 2. The third-order valence-corrected chi connectivity index (χ3v) is 7.87. The largest absolute Gasteiger partial charge is 0.481 e. The molecule has 0 bridgehead atoms. The number of rotatable bonds is 9. The van der Waals surface area contributed by atoms with Gasteiger partial charge in [-0.3, -0.25) is 23.9 Å². The van der Waals surface area contributed by atoms with Crippen molar-refractivity contribution < 1.29 is 14.7 Å². The summed E-state index contributed by atoms with van der Waals surface area (Å²) in [6, 6.07) is 2.07. The molecule has 2 aliphatic rings. The Morgan fingerprint density at radius 2 is 1.86 bits per heavy atom. The van der Waals surface area contributed by atoms with E-state index < -0.39 is 5.97 Å². The predicted molar refractivity (Wildman–Crippen MR) is 142 cm³/mol. The van der Waals surface area contributed by atoms with Gasteiger partial charge >= 0.3 is 5.97 Å². The second kappa shape index (κ2) is 12.4. The Kier molecular flexibility index (Phi) is 9.52. The van der Waals surface area contributed by atoms with Gasteiger partial charge < -0.3 is 10.0 Å². The number of carboxylic acids is 1. The van der Waals surface area contributed by atoms with Crippen molar-refractivity contribution in [1.82, 2.24) is 9.47 Å². The molecule has 188 valence electrons. The van der Waals surface area contributed by atoms with Gasteiger partial charge in [-0.15, -0.1) is 0 Å². The Morgan fingerprint density at radius 1 is 1.17 bits per heavy atom. The highest BCUT2D eigenvalue weighted by atomic mass is 32.2. The molecule has 3 heterocycles. The van der Waals surface area contributed by atoms with Gasteiger partial charge in [0.25, 0.3) is 11.5 Å². The van der Waals surface area contributed by atoms with Crippen molar-refractivity contribution >= 4 is 52.1 Å². The van der Waals surface area contributed by atoms with Crippen molar-refractivity contribution in [3.8, 4) is 6.07 Å². The molecule has 8 nitrogen and oxygen atoms in total. The van der Waals surface area contributed by atoms with E-state index in [0.717, 1.165) is 50.2 Å². The van der Waals surface area contributed by atoms with Crippen LogP contribution in [0.5, 0.6) is 0 Å². The number of thiocarbonyl (C=S) groups is 1. The van der Waals surface area contributed by atoms with Gasteiger partial charge in [-0.1, -0.05) is 43.2 Å². The predicted octanol–water partition coefficient (Wildman–Crippen LogP) is 4.27. The Balaban J connectivity index is 1.97. The minimum Gasteiger partial charge on any atom is -0.481 e. The molecule has 2 fully saturated rings. The number of amides is 1. The fourth-order valence-corrected chi connectivity index (χ4v) is 5.90. The lowest BCUT2D eigenvalue weighted by molar-refractivity contribution is -0.137. The van der Waals surface area contributed by atoms with Crippen LogP contribution in [0.2, 0.25) is 0 Å². The minimum atomic E-state index is -0.820. The molecular formula is C25H32N4O4S2. The molecule has 1 amide bonds. The van der Waals surface area contributed by atoms with Crippen molar-refractivity contribution in [3.63, 3.8) is 0 Å². The van der Waals surface area contributed by atoms with Crippen LogP contribution in [-0.4, -0.2) is 50.4 Å². The molecule has 0 radical (unpaired) electrons. The molecular weight excluding hydrogens is 484 g/mol. The zero-order valence-electron chi connectivity index (χ0n) is 20.3. The molecule has 0 saturated carbocycles. The number of thioether (sulfide) groups is 1. The molecule has 35 heavy (non-hydrogen) atoms. The molecule has 2 saturated heterocycles. The van der Waals surface area contributed by atoms with Crippen molar-refractivity contribution in [2.45, 2.75) is 71.8 Å². The van der Waals surface area contributed by atoms with E-state index in [9.17, 15) is 19.6 Å². The molecule has 0 unspecified atom stereocenters. The van der Waals surface area contributed by atoms with Crippen molar-refractivity contribution in [2.24, 2.45) is 0 Å². The maximum absolute atomic E-state index is 13.2. The maximum Gasteiger partial charge on any atom is 0.303 e. The summed E-state index contributed by atoms with van der Waals surface area (Å²) in [4.78, 5) is 41.3. The Bertz CT molecular complexity index is 1130. The highest BCUT2D eigenvalue weighted by Crippen LogP contribution is 2.36. The molecule has 0 aromatic carbocycles. The second-order valence-corrected chi connectivity index (χ2v) is 10.5. The van der Waals surface area contributed by atoms with Crippen LogP contribution in [0.3, 0.4) is 0 Å². The Morgan fingerprint density at radius 3 is 2.46 bits per heavy atom. The summed E-state index contributed by atoms with van der Waals surface area (Å²) in [6.07, 6.45) is 8.19. The van der Waals surface area contributed by atoms with Gasteiger partial charge in [-0.05, 0) is 51.2 Å². The third-order valence-electron chi connectivity index (χ3n) is 6.49. The quantitative estimate of drug-likeness (QED) is 0.295. The van der Waals surface area contributed by atoms with Crippen LogP contribution in [0, 0.1) is 18.3 Å². The van der Waals surface area contributed by atoms with E-state index in [4.69, 9.17) is 17.3 Å². The summed E-state index contributed by atoms with van der Waals surface area (Å²) >= 11 is 6.70. The van der Waals surface area contributed by atoms with E-state index in [-0.39, 0.29) is 23.5 Å². The lowest BCUT2D eigenvalue weighted by Gasteiger charge is -2.29. The van der Waals surface area contributed by atoms with Crippen LogP contribution in [0.1, 0.15) is 75.0 Å². The monoisotopic (exact) mass is 516 g/mol. The molecule has 2 aliphatic heterocycles. The Hall–Kier alpha value is -2.64. The lowest BCUT2D eigenvalue weighted by atomic mass is 10.0. The first-order valence-electron chi connectivity index (χ1n) is 12.2. The van der Waals surface area contributed by atoms with Crippen LogP contribution >= 0.6 is 24.0 Å². The summed E-state index contributed by atoms with van der Waals surface area (Å²) in [5.41, 5.74) is 1.12. The average molecular weight is 517 g/mol. The van der Waals surface area contributed by atoms with Crippen LogP contribution in [0.25, 0.3) is 6.08 Å². The summed E-state index contributed by atoms with van der Waals surface area (Å²) in [5.74, 6) is -0.235. The number of aliphatic carboxylic acids is 1. The average Bonchev–Trinajstić information content (AvgIpc) is 3.00. The molecule has 3 rings (SSSR count). The summed E-state index contributed by atoms with van der Waals surface area (Å²) in [6.45, 7) is 6.18. The maximum atomic E-state index is 13.2. The van der Waals surface area contributed by atoms with Gasteiger partial charge in [0.1, 0.15) is 21.8 Å². The molecule has 1 N–H and O–H groups in total. The second-order valence-electron chi connectivity index (χ2n) is 8.84. The number of hydrogen-bond acceptors (Lipinski definition) is 7. The first-order valence-corrected chi connectivity index (χ1v) is 13.4. The van der Waals surface area contributed by atoms with E-state index in [1.807, 2.05) is 6.92 Å². The van der Waals surface area contributed by atoms with Gasteiger partial charge in [-0.25, -0.2) is 0 Å². The molecule has 1 aromatic rings. The number of anilines is 1. The SMILES string of the molecule is CCn1c(N2CCCCCC2)c(C=C2SC(=S)N(CCCCCC(=O)O)C2=O)c(C)c(C#N)c1=O. The molecule has 1 aromatic heterocycles. The fraction of sp³-hybridized carbons (Fsp3) is 0.560. The first kappa shape index (κ1) is 27.0. The van der Waals surface area contributed by atoms with Gasteiger partial charge in [0.2, 0.25) is 0 Å². The summed E-state index contributed by atoms with van der Waals surface area (Å²) in [7, 11) is 0. The van der Waals surface area contributed by atoms with Crippen molar-refractivity contribution in [1.29, 1.82) is 5.26 Å². The topological polar surface area (TPSA) is 107 Å². The van der Waals surface area contributed by atoms with Crippen LogP contribution in [-0.2, 0) is 16.1 Å². The highest BCUT2D eigenvalue weighted by molar-refractivity contribution is 8.26. The fourth-order valence-electron chi connectivity index (χ4n) is 4.61. The number of unbranched alkanes of at least 4 members (excludes halogenated alkanes) is 2. The van der Waals surface area contributed by atoms with E-state index in [1.165, 1.54) is 11.8 Å². The molecule has 0 atom stereocenters. The van der Waals surface area contributed by atoms with Gasteiger partial charge in [0.05, 0.1) is 4.91 Å². The van der Waals surface area contributed by atoms with Crippen molar-refractivity contribution in [2.75, 3.05) is 24.5 Å². The van der Waals surface area contributed by atoms with Crippen LogP contribution < -0.4 is 10.5 Å². The normalized spacial score (nSPS) is 17.7. The molecule has 0 spiro atoms. The summed E-state index contributed by atoms with van der Waals surface area (Å²) < 4.78 is 2.13. The number of pyridine rings is 1. The van der Waals surface area contributed by atoms with Crippen LogP contribution in [0.4, 0.5) is 5.82 Å². The highest BCUT2D eigenvalue weighted by Gasteiger charge is 2.33. The number of carbonyl (C=O) groups excluding carboxylic acids is 1. The number of nitriles is 1. The molecule has 0 aliphatic carbocycles. The number of carboxylic acid groups (broad SMARTS) is 1. The zero-order valence-corrected chi connectivity index (χ0v) is 22.0. The van der Waals surface area contributed by atoms with Crippen LogP contribution in [0.15, 0.2) is 9.70 Å². The number of hydrogen-bond donors (Lipinski definition) is 1. The molecule has 10 heteroatoms.